The molecule has 3 aromatic rings. The molecular formula is C15H14N4O. The molecule has 3 heterocycles. The molecule has 5 heteroatoms. The van der Waals surface area contributed by atoms with E-state index in [-0.39, 0.29) is 0 Å². The molecule has 0 aliphatic carbocycles. The molecule has 0 spiro atoms. The molecule has 0 atom stereocenters. The van der Waals surface area contributed by atoms with Gasteiger partial charge in [0.1, 0.15) is 5.69 Å². The quantitative estimate of drug-likeness (QED) is 0.726. The highest BCUT2D eigenvalue weighted by atomic mass is 16.5. The SMILES string of the molecule is CN(Cc1cc(-c2ccncc2)no1)c1ccncc1. The molecule has 0 aliphatic rings. The van der Waals surface area contributed by atoms with Crippen LogP contribution in [0.15, 0.2) is 59.6 Å². The molecule has 5 nitrogen and oxygen atoms in total. The fraction of sp³-hybridized carbons (Fsp3) is 0.133. The summed E-state index contributed by atoms with van der Waals surface area (Å²) in [5.74, 6) is 0.816. The van der Waals surface area contributed by atoms with Crippen LogP contribution in [-0.2, 0) is 6.54 Å². The van der Waals surface area contributed by atoms with Crippen LogP contribution in [-0.4, -0.2) is 22.2 Å². The smallest absolute Gasteiger partial charge is 0.156 e. The molecule has 0 aromatic carbocycles. The normalized spacial score (nSPS) is 10.4. The minimum Gasteiger partial charge on any atom is -0.367 e. The van der Waals surface area contributed by atoms with Crippen LogP contribution in [0.4, 0.5) is 5.69 Å². The van der Waals surface area contributed by atoms with E-state index in [0.717, 1.165) is 22.7 Å². The number of nitrogens with zero attached hydrogens (tertiary/aromatic N) is 4. The number of pyridine rings is 2. The Morgan fingerprint density at radius 3 is 2.35 bits per heavy atom. The molecule has 0 radical (unpaired) electrons. The third kappa shape index (κ3) is 2.66. The molecule has 0 N–H and O–H groups in total. The third-order valence-electron chi connectivity index (χ3n) is 3.03. The molecule has 0 aliphatic heterocycles. The lowest BCUT2D eigenvalue weighted by Gasteiger charge is -2.16. The van der Waals surface area contributed by atoms with Crippen molar-refractivity contribution in [2.45, 2.75) is 6.54 Å². The van der Waals surface area contributed by atoms with Crippen LogP contribution in [0.2, 0.25) is 0 Å². The van der Waals surface area contributed by atoms with Gasteiger partial charge in [-0.25, -0.2) is 0 Å². The molecule has 0 saturated heterocycles. The predicted molar refractivity (Wildman–Crippen MR) is 76.1 cm³/mol. The topological polar surface area (TPSA) is 55.1 Å². The maximum Gasteiger partial charge on any atom is 0.156 e. The first-order valence-electron chi connectivity index (χ1n) is 6.30. The van der Waals surface area contributed by atoms with Gasteiger partial charge in [0, 0.05) is 49.2 Å². The van der Waals surface area contributed by atoms with E-state index in [4.69, 9.17) is 4.52 Å². The Labute approximate surface area is 116 Å². The van der Waals surface area contributed by atoms with E-state index in [2.05, 4.69) is 20.0 Å². The van der Waals surface area contributed by atoms with Crippen LogP contribution in [0.25, 0.3) is 11.3 Å². The van der Waals surface area contributed by atoms with E-state index in [0.29, 0.717) is 6.54 Å². The number of hydrogen-bond donors (Lipinski definition) is 0. The highest BCUT2D eigenvalue weighted by molar-refractivity contribution is 5.58. The van der Waals surface area contributed by atoms with Gasteiger partial charge in [-0.1, -0.05) is 5.16 Å². The summed E-state index contributed by atoms with van der Waals surface area (Å²) in [5.41, 5.74) is 2.91. The first-order chi connectivity index (χ1) is 9.83. The molecule has 0 bridgehead atoms. The van der Waals surface area contributed by atoms with Crippen LogP contribution in [0, 0.1) is 0 Å². The maximum absolute atomic E-state index is 5.38. The van der Waals surface area contributed by atoms with Crippen molar-refractivity contribution < 1.29 is 4.52 Å². The minimum atomic E-state index is 0.655. The van der Waals surface area contributed by atoms with Crippen molar-refractivity contribution in [3.05, 3.63) is 60.9 Å². The Morgan fingerprint density at radius 1 is 1.00 bits per heavy atom. The fourth-order valence-electron chi connectivity index (χ4n) is 1.97. The second-order valence-electron chi connectivity index (χ2n) is 4.48. The molecule has 0 amide bonds. The van der Waals surface area contributed by atoms with E-state index >= 15 is 0 Å². The Hall–Kier alpha value is -2.69. The molecule has 0 fully saturated rings. The van der Waals surface area contributed by atoms with Gasteiger partial charge in [0.25, 0.3) is 0 Å². The van der Waals surface area contributed by atoms with Gasteiger partial charge in [-0.15, -0.1) is 0 Å². The van der Waals surface area contributed by atoms with Crippen LogP contribution in [0.1, 0.15) is 5.76 Å². The lowest BCUT2D eigenvalue weighted by molar-refractivity contribution is 0.385. The molecule has 0 unspecified atom stereocenters. The van der Waals surface area contributed by atoms with E-state index in [1.54, 1.807) is 24.8 Å². The van der Waals surface area contributed by atoms with Gasteiger partial charge in [-0.05, 0) is 24.3 Å². The Kier molecular flexibility index (Phi) is 3.41. The van der Waals surface area contributed by atoms with Gasteiger partial charge in [0.15, 0.2) is 5.76 Å². The molecule has 3 rings (SSSR count). The van der Waals surface area contributed by atoms with Crippen LogP contribution in [0.3, 0.4) is 0 Å². The minimum absolute atomic E-state index is 0.655. The summed E-state index contributed by atoms with van der Waals surface area (Å²) >= 11 is 0. The average Bonchev–Trinajstić information content (AvgIpc) is 2.97. The first-order valence-corrected chi connectivity index (χ1v) is 6.30. The van der Waals surface area contributed by atoms with Crippen molar-refractivity contribution in [2.24, 2.45) is 0 Å². The van der Waals surface area contributed by atoms with Crippen LogP contribution >= 0.6 is 0 Å². The average molecular weight is 266 g/mol. The lowest BCUT2D eigenvalue weighted by Crippen LogP contribution is -2.15. The summed E-state index contributed by atoms with van der Waals surface area (Å²) < 4.78 is 5.38. The monoisotopic (exact) mass is 266 g/mol. The summed E-state index contributed by atoms with van der Waals surface area (Å²) in [6, 6.07) is 9.69. The molecule has 100 valence electrons. The number of anilines is 1. The standard InChI is InChI=1S/C15H14N4O/c1-19(13-4-8-17-9-5-13)11-14-10-15(18-20-14)12-2-6-16-7-3-12/h2-10H,11H2,1H3. The second kappa shape index (κ2) is 5.52. The third-order valence-corrected chi connectivity index (χ3v) is 3.03. The van der Waals surface area contributed by atoms with Crippen LogP contribution in [0.5, 0.6) is 0 Å². The van der Waals surface area contributed by atoms with Crippen molar-refractivity contribution in [3.63, 3.8) is 0 Å². The van der Waals surface area contributed by atoms with Crippen molar-refractivity contribution in [2.75, 3.05) is 11.9 Å². The molecule has 3 aromatic heterocycles. The Bertz CT molecular complexity index is 667. The second-order valence-corrected chi connectivity index (χ2v) is 4.48. The maximum atomic E-state index is 5.38. The zero-order chi connectivity index (χ0) is 13.8. The number of hydrogen-bond acceptors (Lipinski definition) is 5. The fourth-order valence-corrected chi connectivity index (χ4v) is 1.97. The Balaban J connectivity index is 1.75. The zero-order valence-electron chi connectivity index (χ0n) is 11.1. The van der Waals surface area contributed by atoms with Crippen molar-refractivity contribution >= 4 is 5.69 Å². The first kappa shape index (κ1) is 12.3. The molecular weight excluding hydrogens is 252 g/mol. The summed E-state index contributed by atoms with van der Waals surface area (Å²) in [6.45, 7) is 0.655. The van der Waals surface area contributed by atoms with Gasteiger partial charge >= 0.3 is 0 Å². The summed E-state index contributed by atoms with van der Waals surface area (Å²) in [4.78, 5) is 10.1. The van der Waals surface area contributed by atoms with E-state index in [1.165, 1.54) is 0 Å². The van der Waals surface area contributed by atoms with E-state index in [9.17, 15) is 0 Å². The van der Waals surface area contributed by atoms with Crippen molar-refractivity contribution in [1.82, 2.24) is 15.1 Å². The number of aromatic nitrogens is 3. The van der Waals surface area contributed by atoms with E-state index in [1.807, 2.05) is 37.4 Å². The Morgan fingerprint density at radius 2 is 1.65 bits per heavy atom. The van der Waals surface area contributed by atoms with Crippen LogP contribution < -0.4 is 4.90 Å². The largest absolute Gasteiger partial charge is 0.367 e. The number of rotatable bonds is 4. The zero-order valence-corrected chi connectivity index (χ0v) is 11.1. The summed E-state index contributed by atoms with van der Waals surface area (Å²) in [5, 5.41) is 4.09. The van der Waals surface area contributed by atoms with E-state index < -0.39 is 0 Å². The molecule has 20 heavy (non-hydrogen) atoms. The summed E-state index contributed by atoms with van der Waals surface area (Å²) in [7, 11) is 2.00. The van der Waals surface area contributed by atoms with Crippen molar-refractivity contribution in [3.8, 4) is 11.3 Å². The van der Waals surface area contributed by atoms with Gasteiger partial charge in [-0.3, -0.25) is 9.97 Å². The summed E-state index contributed by atoms with van der Waals surface area (Å²) in [6.07, 6.45) is 7.03. The predicted octanol–water partition coefficient (Wildman–Crippen LogP) is 2.77. The molecule has 0 saturated carbocycles. The van der Waals surface area contributed by atoms with Gasteiger partial charge in [-0.2, -0.15) is 0 Å². The van der Waals surface area contributed by atoms with Gasteiger partial charge in [0.05, 0.1) is 6.54 Å². The lowest BCUT2D eigenvalue weighted by atomic mass is 10.2. The van der Waals surface area contributed by atoms with Crippen molar-refractivity contribution in [1.29, 1.82) is 0 Å². The van der Waals surface area contributed by atoms with Gasteiger partial charge < -0.3 is 9.42 Å². The highest BCUT2D eigenvalue weighted by Gasteiger charge is 2.09. The highest BCUT2D eigenvalue weighted by Crippen LogP contribution is 2.20. The van der Waals surface area contributed by atoms with Gasteiger partial charge in [0.2, 0.25) is 0 Å².